The van der Waals surface area contributed by atoms with Crippen LogP contribution in [0.4, 0.5) is 0 Å². The summed E-state index contributed by atoms with van der Waals surface area (Å²) in [6.45, 7) is 20.4. The molecule has 1 nitrogen and oxygen atoms in total. The summed E-state index contributed by atoms with van der Waals surface area (Å²) in [5, 5.41) is 10.8. The first kappa shape index (κ1) is 20.1. The van der Waals surface area contributed by atoms with Crippen LogP contribution < -0.4 is 0 Å². The van der Waals surface area contributed by atoms with Gasteiger partial charge >= 0.3 is 0 Å². The number of aromatic hydroxyl groups is 1. The predicted molar refractivity (Wildman–Crippen MR) is 102 cm³/mol. The van der Waals surface area contributed by atoms with Crippen LogP contribution in [0.3, 0.4) is 0 Å². The molecule has 0 aromatic heterocycles. The lowest BCUT2D eigenvalue weighted by Gasteiger charge is -2.34. The molecule has 0 heterocycles. The quantitative estimate of drug-likeness (QED) is 0.653. The molecule has 132 valence electrons. The van der Waals surface area contributed by atoms with E-state index < -0.39 is 0 Å². The van der Waals surface area contributed by atoms with Gasteiger partial charge in [0.2, 0.25) is 0 Å². The Bertz CT molecular complexity index is 506. The van der Waals surface area contributed by atoms with Crippen molar-refractivity contribution in [1.82, 2.24) is 0 Å². The molecule has 1 rings (SSSR count). The maximum Gasteiger partial charge on any atom is 0.122 e. The van der Waals surface area contributed by atoms with E-state index in [4.69, 9.17) is 0 Å². The van der Waals surface area contributed by atoms with E-state index in [1.54, 1.807) is 0 Å². The van der Waals surface area contributed by atoms with E-state index in [1.165, 1.54) is 12.8 Å². The second-order valence-electron chi connectivity index (χ2n) is 10.4. The fourth-order valence-corrected chi connectivity index (χ4v) is 3.08. The van der Waals surface area contributed by atoms with Crippen molar-refractivity contribution < 1.29 is 5.11 Å². The van der Waals surface area contributed by atoms with Crippen molar-refractivity contribution in [3.63, 3.8) is 0 Å². The Labute approximate surface area is 144 Å². The third kappa shape index (κ3) is 6.20. The van der Waals surface area contributed by atoms with Crippen LogP contribution in [-0.4, -0.2) is 5.11 Å². The molecule has 1 atom stereocenters. The smallest absolute Gasteiger partial charge is 0.122 e. The van der Waals surface area contributed by atoms with Crippen LogP contribution in [0.5, 0.6) is 5.75 Å². The first-order valence-electron chi connectivity index (χ1n) is 9.03. The molecule has 1 heteroatoms. The lowest BCUT2D eigenvalue weighted by atomic mass is 9.72. The second kappa shape index (κ2) is 6.87. The summed E-state index contributed by atoms with van der Waals surface area (Å²) < 4.78 is 0. The molecule has 1 N–H and O–H groups in total. The van der Waals surface area contributed by atoms with Gasteiger partial charge < -0.3 is 5.11 Å². The van der Waals surface area contributed by atoms with Gasteiger partial charge in [0.15, 0.2) is 0 Å². The lowest BCUT2D eigenvalue weighted by Crippen LogP contribution is -2.24. The number of phenolic OH excluding ortho intramolecular Hbond substituents is 1. The predicted octanol–water partition coefficient (Wildman–Crippen LogP) is 6.72. The molecule has 1 aromatic carbocycles. The molecular formula is C22H38O. The number of benzene rings is 1. The highest BCUT2D eigenvalue weighted by Gasteiger charge is 2.28. The molecule has 0 spiro atoms. The standard InChI is InChI=1S/C22H38O/c1-20(2,3)14-13-17(21(4,5)6)15-16-11-10-12-18(19(16)23)22(7,8)9/h10-12,17,23H,13-15H2,1-9H3. The fraction of sp³-hybridized carbons (Fsp3) is 0.727. The molecule has 0 saturated heterocycles. The summed E-state index contributed by atoms with van der Waals surface area (Å²) in [5.74, 6) is 1.08. The molecule has 1 aromatic rings. The molecule has 0 fully saturated rings. The number of hydrogen-bond acceptors (Lipinski definition) is 1. The zero-order chi connectivity index (χ0) is 18.1. The van der Waals surface area contributed by atoms with Crippen molar-refractivity contribution in [1.29, 1.82) is 0 Å². The SMILES string of the molecule is CC(C)(C)CCC(Cc1cccc(C(C)(C)C)c1O)C(C)(C)C. The lowest BCUT2D eigenvalue weighted by molar-refractivity contribution is 0.193. The van der Waals surface area contributed by atoms with Crippen LogP contribution in [-0.2, 0) is 11.8 Å². The minimum atomic E-state index is -0.0251. The van der Waals surface area contributed by atoms with Crippen LogP contribution in [0.1, 0.15) is 86.3 Å². The van der Waals surface area contributed by atoms with Gasteiger partial charge in [0.25, 0.3) is 0 Å². The Morgan fingerprint density at radius 3 is 1.91 bits per heavy atom. The summed E-state index contributed by atoms with van der Waals surface area (Å²) in [5.41, 5.74) is 2.74. The number of rotatable bonds is 4. The topological polar surface area (TPSA) is 20.2 Å². The maximum absolute atomic E-state index is 10.8. The van der Waals surface area contributed by atoms with Gasteiger partial charge in [-0.25, -0.2) is 0 Å². The van der Waals surface area contributed by atoms with Gasteiger partial charge in [0, 0.05) is 0 Å². The first-order chi connectivity index (χ1) is 10.2. The fourth-order valence-electron chi connectivity index (χ4n) is 3.08. The van der Waals surface area contributed by atoms with Crippen molar-refractivity contribution in [3.05, 3.63) is 29.3 Å². The number of phenols is 1. The summed E-state index contributed by atoms with van der Waals surface area (Å²) in [6.07, 6.45) is 3.37. The molecule has 0 amide bonds. The summed E-state index contributed by atoms with van der Waals surface area (Å²) >= 11 is 0. The zero-order valence-electron chi connectivity index (χ0n) is 16.9. The Balaban J connectivity index is 3.05. The van der Waals surface area contributed by atoms with Gasteiger partial charge in [-0.1, -0.05) is 80.5 Å². The van der Waals surface area contributed by atoms with Crippen LogP contribution in [0, 0.1) is 16.7 Å². The van der Waals surface area contributed by atoms with Crippen molar-refractivity contribution in [2.45, 2.75) is 87.0 Å². The summed E-state index contributed by atoms with van der Waals surface area (Å²) in [7, 11) is 0. The molecule has 23 heavy (non-hydrogen) atoms. The first-order valence-corrected chi connectivity index (χ1v) is 9.03. The second-order valence-corrected chi connectivity index (χ2v) is 10.4. The van der Waals surface area contributed by atoms with Crippen molar-refractivity contribution in [2.24, 2.45) is 16.7 Å². The molecule has 1 unspecified atom stereocenters. The maximum atomic E-state index is 10.8. The van der Waals surface area contributed by atoms with Crippen LogP contribution in [0.25, 0.3) is 0 Å². The summed E-state index contributed by atoms with van der Waals surface area (Å²) in [6, 6.07) is 6.25. The molecule has 0 saturated carbocycles. The monoisotopic (exact) mass is 318 g/mol. The van der Waals surface area contributed by atoms with Gasteiger partial charge in [0.05, 0.1) is 0 Å². The highest BCUT2D eigenvalue weighted by molar-refractivity contribution is 5.44. The minimum Gasteiger partial charge on any atom is -0.507 e. The van der Waals surface area contributed by atoms with Gasteiger partial charge in [-0.15, -0.1) is 0 Å². The molecular weight excluding hydrogens is 280 g/mol. The van der Waals surface area contributed by atoms with Crippen LogP contribution in [0.15, 0.2) is 18.2 Å². The Morgan fingerprint density at radius 1 is 0.913 bits per heavy atom. The molecule has 0 bridgehead atoms. The molecule has 0 radical (unpaired) electrons. The molecule has 0 aliphatic rings. The highest BCUT2D eigenvalue weighted by Crippen LogP contribution is 2.39. The summed E-state index contributed by atoms with van der Waals surface area (Å²) in [4.78, 5) is 0. The van der Waals surface area contributed by atoms with Gasteiger partial charge in [-0.3, -0.25) is 0 Å². The van der Waals surface area contributed by atoms with Gasteiger partial charge in [-0.2, -0.15) is 0 Å². The minimum absolute atomic E-state index is 0.0251. The average molecular weight is 319 g/mol. The van der Waals surface area contributed by atoms with E-state index in [9.17, 15) is 5.11 Å². The normalized spacial score (nSPS) is 14.8. The van der Waals surface area contributed by atoms with E-state index in [2.05, 4.69) is 80.5 Å². The van der Waals surface area contributed by atoms with Crippen LogP contribution in [0.2, 0.25) is 0 Å². The Kier molecular flexibility index (Phi) is 5.99. The highest BCUT2D eigenvalue weighted by atomic mass is 16.3. The number of hydrogen-bond donors (Lipinski definition) is 1. The van der Waals surface area contributed by atoms with Crippen molar-refractivity contribution >= 4 is 0 Å². The van der Waals surface area contributed by atoms with Crippen molar-refractivity contribution in [3.8, 4) is 5.75 Å². The van der Waals surface area contributed by atoms with Crippen molar-refractivity contribution in [2.75, 3.05) is 0 Å². The largest absolute Gasteiger partial charge is 0.507 e. The van der Waals surface area contributed by atoms with E-state index in [0.717, 1.165) is 17.5 Å². The third-order valence-electron chi connectivity index (χ3n) is 4.86. The van der Waals surface area contributed by atoms with Crippen LogP contribution >= 0.6 is 0 Å². The molecule has 0 aliphatic heterocycles. The van der Waals surface area contributed by atoms with Gasteiger partial charge in [-0.05, 0) is 52.6 Å². The third-order valence-corrected chi connectivity index (χ3v) is 4.86. The van der Waals surface area contributed by atoms with E-state index >= 15 is 0 Å². The van der Waals surface area contributed by atoms with Gasteiger partial charge in [0.1, 0.15) is 5.75 Å². The Morgan fingerprint density at radius 2 is 1.48 bits per heavy atom. The Hall–Kier alpha value is -0.980. The van der Waals surface area contributed by atoms with E-state index in [1.807, 2.05) is 0 Å². The van der Waals surface area contributed by atoms with E-state index in [0.29, 0.717) is 17.1 Å². The molecule has 0 aliphatic carbocycles. The zero-order valence-corrected chi connectivity index (χ0v) is 16.9. The van der Waals surface area contributed by atoms with E-state index in [-0.39, 0.29) is 10.8 Å². The average Bonchev–Trinajstić information content (AvgIpc) is 2.32. The number of para-hydroxylation sites is 1.